The molecule has 1 aliphatic heterocycles. The van der Waals surface area contributed by atoms with Gasteiger partial charge in [-0.3, -0.25) is 4.90 Å². The smallest absolute Gasteiger partial charge is 0.199 e. The van der Waals surface area contributed by atoms with E-state index in [1.165, 1.54) is 24.8 Å². The second-order valence-electron chi connectivity index (χ2n) is 6.71. The zero-order valence-corrected chi connectivity index (χ0v) is 14.9. The first-order valence-corrected chi connectivity index (χ1v) is 8.98. The first-order chi connectivity index (χ1) is 11.1. The third-order valence-electron chi connectivity index (χ3n) is 4.69. The van der Waals surface area contributed by atoms with Gasteiger partial charge < -0.3 is 4.57 Å². The van der Waals surface area contributed by atoms with Gasteiger partial charge in [-0.1, -0.05) is 36.8 Å². The summed E-state index contributed by atoms with van der Waals surface area (Å²) in [6, 6.07) is 11.7. The summed E-state index contributed by atoms with van der Waals surface area (Å²) in [5, 5.41) is 4.51. The second kappa shape index (κ2) is 7.41. The number of benzene rings is 1. The Morgan fingerprint density at radius 2 is 2.00 bits per heavy atom. The Balaban J connectivity index is 1.73. The molecule has 1 fully saturated rings. The van der Waals surface area contributed by atoms with Gasteiger partial charge in [-0.15, -0.1) is 0 Å². The molecule has 0 amide bonds. The van der Waals surface area contributed by atoms with Crippen LogP contribution in [-0.2, 0) is 13.1 Å². The van der Waals surface area contributed by atoms with Crippen LogP contribution < -0.4 is 0 Å². The van der Waals surface area contributed by atoms with Crippen LogP contribution in [0, 0.1) is 4.77 Å². The number of rotatable bonds is 5. The summed E-state index contributed by atoms with van der Waals surface area (Å²) < 4.78 is 4.86. The topological polar surface area (TPSA) is 26.0 Å². The molecular formula is C18H26N4S. The third kappa shape index (κ3) is 3.90. The number of piperidine rings is 1. The molecule has 2 aromatic rings. The Morgan fingerprint density at radius 1 is 1.22 bits per heavy atom. The third-order valence-corrected chi connectivity index (χ3v) is 5.11. The first-order valence-electron chi connectivity index (χ1n) is 8.57. The number of hydrogen-bond acceptors (Lipinski definition) is 3. The normalized spacial score (nSPS) is 19.3. The van der Waals surface area contributed by atoms with Crippen molar-refractivity contribution in [3.63, 3.8) is 0 Å². The van der Waals surface area contributed by atoms with Crippen LogP contribution in [0.1, 0.15) is 44.7 Å². The minimum Gasteiger partial charge on any atom is -0.304 e. The van der Waals surface area contributed by atoms with Crippen molar-refractivity contribution >= 4 is 12.2 Å². The molecule has 1 aromatic heterocycles. The van der Waals surface area contributed by atoms with Crippen LogP contribution in [0.2, 0.25) is 0 Å². The Labute approximate surface area is 143 Å². The molecule has 0 aliphatic carbocycles. The van der Waals surface area contributed by atoms with Crippen molar-refractivity contribution in [2.75, 3.05) is 6.54 Å². The van der Waals surface area contributed by atoms with E-state index in [1.54, 1.807) is 0 Å². The Bertz CT molecular complexity index is 674. The van der Waals surface area contributed by atoms with Crippen LogP contribution in [0.4, 0.5) is 0 Å². The number of nitrogens with zero attached hydrogens (tertiary/aromatic N) is 4. The van der Waals surface area contributed by atoms with Crippen molar-refractivity contribution in [2.24, 2.45) is 0 Å². The van der Waals surface area contributed by atoms with Gasteiger partial charge in [0, 0.05) is 18.6 Å². The summed E-state index contributed by atoms with van der Waals surface area (Å²) in [4.78, 5) is 2.55. The maximum Gasteiger partial charge on any atom is 0.199 e. The fourth-order valence-corrected chi connectivity index (χ4v) is 3.70. The highest BCUT2D eigenvalue weighted by Crippen LogP contribution is 2.21. The summed E-state index contributed by atoms with van der Waals surface area (Å²) in [5.74, 6) is 0. The average molecular weight is 331 g/mol. The average Bonchev–Trinajstić information content (AvgIpc) is 2.91. The maximum atomic E-state index is 5.58. The molecule has 4 nitrogen and oxygen atoms in total. The largest absolute Gasteiger partial charge is 0.304 e. The van der Waals surface area contributed by atoms with Crippen LogP contribution >= 0.6 is 12.2 Å². The predicted molar refractivity (Wildman–Crippen MR) is 95.9 cm³/mol. The summed E-state index contributed by atoms with van der Waals surface area (Å²) in [6.45, 7) is 6.21. The van der Waals surface area contributed by atoms with E-state index in [9.17, 15) is 0 Å². The number of hydrogen-bond donors (Lipinski definition) is 0. The summed E-state index contributed by atoms with van der Waals surface area (Å²) >= 11 is 5.58. The van der Waals surface area contributed by atoms with E-state index >= 15 is 0 Å². The van der Waals surface area contributed by atoms with Crippen molar-refractivity contribution in [3.05, 3.63) is 47.0 Å². The molecule has 0 N–H and O–H groups in total. The van der Waals surface area contributed by atoms with E-state index in [0.717, 1.165) is 24.4 Å². The zero-order valence-electron chi connectivity index (χ0n) is 14.1. The molecule has 0 spiro atoms. The predicted octanol–water partition coefficient (Wildman–Crippen LogP) is 4.05. The molecule has 0 bridgehead atoms. The molecular weight excluding hydrogens is 304 g/mol. The summed E-state index contributed by atoms with van der Waals surface area (Å²) in [6.07, 6.45) is 6.82. The van der Waals surface area contributed by atoms with Crippen molar-refractivity contribution in [1.29, 1.82) is 0 Å². The highest BCUT2D eigenvalue weighted by molar-refractivity contribution is 7.71. The molecule has 0 radical (unpaired) electrons. The van der Waals surface area contributed by atoms with Gasteiger partial charge in [-0.05, 0) is 50.9 Å². The number of aromatic nitrogens is 3. The van der Waals surface area contributed by atoms with Gasteiger partial charge in [0.2, 0.25) is 0 Å². The van der Waals surface area contributed by atoms with Crippen LogP contribution in [0.25, 0.3) is 0 Å². The van der Waals surface area contributed by atoms with Gasteiger partial charge in [0.1, 0.15) is 6.33 Å². The quantitative estimate of drug-likeness (QED) is 0.774. The molecule has 1 atom stereocenters. The van der Waals surface area contributed by atoms with Gasteiger partial charge >= 0.3 is 0 Å². The molecule has 1 unspecified atom stereocenters. The first kappa shape index (κ1) is 16.4. The fraction of sp³-hybridized carbons (Fsp3) is 0.556. The zero-order chi connectivity index (χ0) is 16.2. The van der Waals surface area contributed by atoms with Crippen LogP contribution in [0.3, 0.4) is 0 Å². The SMILES string of the molecule is CC(C)n1cnn(CN2CCCCC2Cc2ccccc2)c1=S. The van der Waals surface area contributed by atoms with Gasteiger partial charge in [0.05, 0.1) is 6.67 Å². The molecule has 1 aliphatic rings. The van der Waals surface area contributed by atoms with Gasteiger partial charge in [-0.25, -0.2) is 4.68 Å². The van der Waals surface area contributed by atoms with E-state index in [1.807, 2.05) is 11.0 Å². The Kier molecular flexibility index (Phi) is 5.28. The highest BCUT2D eigenvalue weighted by atomic mass is 32.1. The van der Waals surface area contributed by atoms with Crippen molar-refractivity contribution in [3.8, 4) is 0 Å². The standard InChI is InChI=1S/C18H26N4S/c1-15(2)21-13-19-22(18(21)23)14-20-11-7-6-10-17(20)12-16-8-4-3-5-9-16/h3-5,8-9,13,15,17H,6-7,10-12,14H2,1-2H3. The minimum atomic E-state index is 0.359. The van der Waals surface area contributed by atoms with Gasteiger partial charge in [0.15, 0.2) is 4.77 Å². The van der Waals surface area contributed by atoms with Crippen molar-refractivity contribution < 1.29 is 0 Å². The summed E-state index contributed by atoms with van der Waals surface area (Å²) in [7, 11) is 0. The molecule has 23 heavy (non-hydrogen) atoms. The minimum absolute atomic E-state index is 0.359. The maximum absolute atomic E-state index is 5.58. The van der Waals surface area contributed by atoms with E-state index in [4.69, 9.17) is 12.2 Å². The van der Waals surface area contributed by atoms with Crippen LogP contribution in [-0.4, -0.2) is 31.8 Å². The van der Waals surface area contributed by atoms with E-state index in [2.05, 4.69) is 58.7 Å². The monoisotopic (exact) mass is 330 g/mol. The van der Waals surface area contributed by atoms with Gasteiger partial charge in [0.25, 0.3) is 0 Å². The van der Waals surface area contributed by atoms with Crippen molar-refractivity contribution in [1.82, 2.24) is 19.2 Å². The molecule has 3 rings (SSSR count). The lowest BCUT2D eigenvalue weighted by Gasteiger charge is -2.35. The van der Waals surface area contributed by atoms with E-state index in [-0.39, 0.29) is 0 Å². The van der Waals surface area contributed by atoms with Gasteiger partial charge in [-0.2, -0.15) is 5.10 Å². The van der Waals surface area contributed by atoms with Crippen LogP contribution in [0.5, 0.6) is 0 Å². The lowest BCUT2D eigenvalue weighted by atomic mass is 9.96. The fourth-order valence-electron chi connectivity index (χ4n) is 3.34. The molecule has 1 saturated heterocycles. The van der Waals surface area contributed by atoms with Crippen LogP contribution in [0.15, 0.2) is 36.7 Å². The Hall–Kier alpha value is -1.46. The molecule has 5 heteroatoms. The van der Waals surface area contributed by atoms with E-state index in [0.29, 0.717) is 12.1 Å². The molecule has 0 saturated carbocycles. The van der Waals surface area contributed by atoms with E-state index < -0.39 is 0 Å². The molecule has 124 valence electrons. The van der Waals surface area contributed by atoms with Crippen molar-refractivity contribution in [2.45, 2.75) is 58.3 Å². The lowest BCUT2D eigenvalue weighted by molar-refractivity contribution is 0.103. The summed E-state index contributed by atoms with van der Waals surface area (Å²) in [5.41, 5.74) is 1.42. The highest BCUT2D eigenvalue weighted by Gasteiger charge is 2.23. The molecule has 1 aromatic carbocycles. The lowest BCUT2D eigenvalue weighted by Crippen LogP contribution is -2.42. The second-order valence-corrected chi connectivity index (χ2v) is 7.07. The number of likely N-dealkylation sites (tertiary alicyclic amines) is 1. The molecule has 2 heterocycles. The Morgan fingerprint density at radius 3 is 2.70 bits per heavy atom.